The molecule has 0 aromatic rings. The summed E-state index contributed by atoms with van der Waals surface area (Å²) in [6, 6.07) is 0. The minimum Gasteiger partial charge on any atom is -0.317 e. The van der Waals surface area contributed by atoms with E-state index in [1.807, 2.05) is 30.4 Å². The highest BCUT2D eigenvalue weighted by molar-refractivity contribution is 5.29. The van der Waals surface area contributed by atoms with E-state index in [9.17, 15) is 0 Å². The molecule has 1 nitrogen and oxygen atoms in total. The molecule has 0 aromatic carbocycles. The maximum atomic E-state index is 3.35. The van der Waals surface area contributed by atoms with Crippen LogP contribution >= 0.6 is 0 Å². The van der Waals surface area contributed by atoms with Crippen LogP contribution in [0, 0.1) is 0 Å². The van der Waals surface area contributed by atoms with Gasteiger partial charge in [0.05, 0.1) is 0 Å². The van der Waals surface area contributed by atoms with Gasteiger partial charge < -0.3 is 5.32 Å². The van der Waals surface area contributed by atoms with Gasteiger partial charge in [-0.3, -0.25) is 0 Å². The van der Waals surface area contributed by atoms with E-state index in [1.165, 1.54) is 44.3 Å². The lowest BCUT2D eigenvalue weighted by molar-refractivity contribution is 0.702. The quantitative estimate of drug-likeness (QED) is 0.651. The van der Waals surface area contributed by atoms with E-state index in [-0.39, 0.29) is 0 Å². The fraction of sp³-hybridized carbons (Fsp3) is 0.467. The van der Waals surface area contributed by atoms with Crippen LogP contribution < -0.4 is 5.32 Å². The molecule has 2 rings (SSSR count). The molecule has 1 aliphatic heterocycles. The van der Waals surface area contributed by atoms with E-state index in [0.717, 1.165) is 0 Å². The maximum Gasteiger partial charge on any atom is -0.00489 e. The van der Waals surface area contributed by atoms with Gasteiger partial charge in [0.15, 0.2) is 0 Å². The average molecular weight is 217 g/mol. The molecule has 1 heteroatoms. The molecule has 0 atom stereocenters. The lowest BCUT2D eigenvalue weighted by Crippen LogP contribution is -2.12. The molecule has 88 valence electrons. The number of hydrogen-bond acceptors (Lipinski definition) is 1. The van der Waals surface area contributed by atoms with Crippen LogP contribution in [-0.2, 0) is 0 Å². The van der Waals surface area contributed by atoms with E-state index in [4.69, 9.17) is 0 Å². The van der Waals surface area contributed by atoms with Crippen LogP contribution in [0.1, 0.15) is 32.6 Å². The van der Waals surface area contributed by atoms with Crippen LogP contribution in [0.15, 0.2) is 48.1 Å². The van der Waals surface area contributed by atoms with Crippen LogP contribution in [0.3, 0.4) is 0 Å². The van der Waals surface area contributed by atoms with E-state index in [1.54, 1.807) is 0 Å². The summed E-state index contributed by atoms with van der Waals surface area (Å²) >= 11 is 0. The number of hydrogen-bond donors (Lipinski definition) is 1. The van der Waals surface area contributed by atoms with E-state index in [0.29, 0.717) is 0 Å². The Labute approximate surface area is 99.6 Å². The van der Waals surface area contributed by atoms with Gasteiger partial charge in [-0.15, -0.1) is 0 Å². The van der Waals surface area contributed by atoms with Crippen LogP contribution in [0.2, 0.25) is 0 Å². The smallest absolute Gasteiger partial charge is 0.00489 e. The molecule has 0 aromatic heterocycles. The van der Waals surface area contributed by atoms with Gasteiger partial charge >= 0.3 is 0 Å². The topological polar surface area (TPSA) is 12.0 Å². The minimum atomic E-state index is 1.25. The minimum absolute atomic E-state index is 1.25. The lowest BCUT2D eigenvalue weighted by Gasteiger charge is -1.91. The van der Waals surface area contributed by atoms with Crippen molar-refractivity contribution < 1.29 is 0 Å². The summed E-state index contributed by atoms with van der Waals surface area (Å²) < 4.78 is 0. The van der Waals surface area contributed by atoms with Gasteiger partial charge in [-0.05, 0) is 32.9 Å². The zero-order valence-electron chi connectivity index (χ0n) is 10.3. The molecule has 1 fully saturated rings. The SMILES string of the molecule is C1CCCNCC1.CC1=C/C=C\C=C/C=C\1. The van der Waals surface area contributed by atoms with Gasteiger partial charge in [-0.1, -0.05) is 60.9 Å². The third kappa shape index (κ3) is 7.24. The summed E-state index contributed by atoms with van der Waals surface area (Å²) in [5.41, 5.74) is 1.29. The summed E-state index contributed by atoms with van der Waals surface area (Å²) in [7, 11) is 0. The summed E-state index contributed by atoms with van der Waals surface area (Å²) in [5, 5.41) is 3.35. The van der Waals surface area contributed by atoms with Gasteiger partial charge in [-0.25, -0.2) is 0 Å². The molecule has 1 saturated heterocycles. The Bertz CT molecular complexity index is 262. The first-order valence-electron chi connectivity index (χ1n) is 6.28. The van der Waals surface area contributed by atoms with E-state index < -0.39 is 0 Å². The van der Waals surface area contributed by atoms with Crippen molar-refractivity contribution in [1.29, 1.82) is 0 Å². The summed E-state index contributed by atoms with van der Waals surface area (Å²) in [6.45, 7) is 4.58. The Morgan fingerprint density at radius 2 is 1.44 bits per heavy atom. The highest BCUT2D eigenvalue weighted by Crippen LogP contribution is 2.00. The first-order chi connectivity index (χ1) is 7.89. The molecular weight excluding hydrogens is 194 g/mol. The van der Waals surface area contributed by atoms with Crippen molar-refractivity contribution in [3.8, 4) is 0 Å². The highest BCUT2D eigenvalue weighted by Gasteiger charge is 1.94. The predicted molar refractivity (Wildman–Crippen MR) is 72.5 cm³/mol. The number of allylic oxidation sites excluding steroid dienone is 8. The van der Waals surface area contributed by atoms with Gasteiger partial charge in [0.25, 0.3) is 0 Å². The molecule has 0 bridgehead atoms. The molecule has 1 heterocycles. The molecule has 0 radical (unpaired) electrons. The van der Waals surface area contributed by atoms with Crippen LogP contribution in [-0.4, -0.2) is 13.1 Å². The van der Waals surface area contributed by atoms with Crippen molar-refractivity contribution >= 4 is 0 Å². The van der Waals surface area contributed by atoms with Crippen LogP contribution in [0.5, 0.6) is 0 Å². The van der Waals surface area contributed by atoms with Crippen LogP contribution in [0.4, 0.5) is 0 Å². The second kappa shape index (κ2) is 9.17. The number of nitrogens with one attached hydrogen (secondary N) is 1. The van der Waals surface area contributed by atoms with Gasteiger partial charge in [0.1, 0.15) is 0 Å². The zero-order valence-corrected chi connectivity index (χ0v) is 10.3. The molecule has 0 spiro atoms. The first-order valence-corrected chi connectivity index (χ1v) is 6.28. The second-order valence-electron chi connectivity index (χ2n) is 4.20. The lowest BCUT2D eigenvalue weighted by atomic mass is 10.2. The average Bonchev–Trinajstić information content (AvgIpc) is 2.56. The summed E-state index contributed by atoms with van der Waals surface area (Å²) in [6.07, 6.45) is 19.9. The molecule has 0 amide bonds. The monoisotopic (exact) mass is 217 g/mol. The first kappa shape index (κ1) is 13.0. The van der Waals surface area contributed by atoms with Crippen molar-refractivity contribution in [3.05, 3.63) is 48.1 Å². The highest BCUT2D eigenvalue weighted by atomic mass is 14.8. The Kier molecular flexibility index (Phi) is 7.44. The number of rotatable bonds is 0. The standard InChI is InChI=1S/C9H10.C6H13N/c1-9-7-5-3-2-4-6-8-9;1-2-4-6-7-5-3-1/h2-8H,1H3;7H,1-6H2/b3-2-,4-2?,5-3?,6-4-,7-5-,8-6?,9-7?,9-8-;. The molecular formula is C15H23N. The summed E-state index contributed by atoms with van der Waals surface area (Å²) in [5.74, 6) is 0. The van der Waals surface area contributed by atoms with Crippen molar-refractivity contribution in [1.82, 2.24) is 5.32 Å². The molecule has 1 N–H and O–H groups in total. The van der Waals surface area contributed by atoms with Crippen molar-refractivity contribution in [3.63, 3.8) is 0 Å². The Hall–Kier alpha value is -1.08. The van der Waals surface area contributed by atoms with Crippen molar-refractivity contribution in [2.75, 3.05) is 13.1 Å². The van der Waals surface area contributed by atoms with Crippen molar-refractivity contribution in [2.45, 2.75) is 32.6 Å². The maximum absolute atomic E-state index is 3.35. The van der Waals surface area contributed by atoms with Crippen LogP contribution in [0.25, 0.3) is 0 Å². The largest absolute Gasteiger partial charge is 0.317 e. The Balaban J connectivity index is 0.000000165. The molecule has 16 heavy (non-hydrogen) atoms. The summed E-state index contributed by atoms with van der Waals surface area (Å²) in [4.78, 5) is 0. The van der Waals surface area contributed by atoms with Gasteiger partial charge in [0, 0.05) is 0 Å². The van der Waals surface area contributed by atoms with E-state index in [2.05, 4.69) is 24.4 Å². The normalized spacial score (nSPS) is 29.2. The third-order valence-electron chi connectivity index (χ3n) is 2.62. The van der Waals surface area contributed by atoms with E-state index >= 15 is 0 Å². The predicted octanol–water partition coefficient (Wildman–Crippen LogP) is 3.76. The second-order valence-corrected chi connectivity index (χ2v) is 4.20. The third-order valence-corrected chi connectivity index (χ3v) is 2.62. The Morgan fingerprint density at radius 3 is 2.19 bits per heavy atom. The fourth-order valence-corrected chi connectivity index (χ4v) is 1.64. The van der Waals surface area contributed by atoms with Gasteiger partial charge in [0.2, 0.25) is 0 Å². The van der Waals surface area contributed by atoms with Gasteiger partial charge in [-0.2, -0.15) is 0 Å². The molecule has 2 aliphatic rings. The Morgan fingerprint density at radius 1 is 0.812 bits per heavy atom. The van der Waals surface area contributed by atoms with Crippen molar-refractivity contribution in [2.24, 2.45) is 0 Å². The fourth-order valence-electron chi connectivity index (χ4n) is 1.64. The molecule has 0 saturated carbocycles. The molecule has 0 unspecified atom stereocenters. The molecule has 1 aliphatic carbocycles. The zero-order chi connectivity index (χ0) is 11.5.